The smallest absolute Gasteiger partial charge is 0.322 e. The molecule has 2 aromatic carbocycles. The predicted octanol–water partition coefficient (Wildman–Crippen LogP) is 5.29. The summed E-state index contributed by atoms with van der Waals surface area (Å²) in [6.07, 6.45) is 0. The van der Waals surface area contributed by atoms with Crippen LogP contribution in [0.4, 0.5) is 5.13 Å². The first-order valence-electron chi connectivity index (χ1n) is 10.2. The molecule has 0 aliphatic heterocycles. The van der Waals surface area contributed by atoms with Gasteiger partial charge in [-0.1, -0.05) is 81.9 Å². The normalized spacial score (nSPS) is 11.2. The van der Waals surface area contributed by atoms with Crippen molar-refractivity contribution in [3.63, 3.8) is 0 Å². The average Bonchev–Trinajstić information content (AvgIpc) is 3.24. The molecule has 0 radical (unpaired) electrons. The highest BCUT2D eigenvalue weighted by molar-refractivity contribution is 7.13. The van der Waals surface area contributed by atoms with Crippen LogP contribution in [0.2, 0.25) is 0 Å². The first-order valence-corrected chi connectivity index (χ1v) is 11.1. The highest BCUT2D eigenvalue weighted by Gasteiger charge is 2.20. The lowest BCUT2D eigenvalue weighted by atomic mass is 9.93. The quantitative estimate of drug-likeness (QED) is 0.478. The van der Waals surface area contributed by atoms with Gasteiger partial charge < -0.3 is 15.3 Å². The molecular formula is C25H29N3O2S. The Morgan fingerprint density at radius 3 is 2.23 bits per heavy atom. The number of carbonyl (C=O) groups is 1. The molecule has 0 amide bonds. The minimum atomic E-state index is -0.910. The molecule has 6 heteroatoms. The van der Waals surface area contributed by atoms with Crippen molar-refractivity contribution in [2.45, 2.75) is 39.3 Å². The van der Waals surface area contributed by atoms with Crippen molar-refractivity contribution >= 4 is 28.1 Å². The molecule has 0 saturated heterocycles. The summed E-state index contributed by atoms with van der Waals surface area (Å²) in [4.78, 5) is 18.0. The maximum Gasteiger partial charge on any atom is 0.322 e. The number of carboxylic acid groups (broad SMARTS) is 1. The third-order valence-electron chi connectivity index (χ3n) is 4.88. The SMILES string of the molecule is C=C(NCC(=O)O)c1ccc(CN(Cc2ccccc2)c2nc(C(C)(C)C)cs2)cc1. The zero-order chi connectivity index (χ0) is 22.4. The number of nitrogens with one attached hydrogen (secondary N) is 1. The van der Waals surface area contributed by atoms with Crippen LogP contribution < -0.4 is 10.2 Å². The molecule has 3 aromatic rings. The summed E-state index contributed by atoms with van der Waals surface area (Å²) in [6, 6.07) is 18.4. The van der Waals surface area contributed by atoms with Crippen molar-refractivity contribution in [3.05, 3.63) is 88.9 Å². The van der Waals surface area contributed by atoms with Crippen molar-refractivity contribution in [2.75, 3.05) is 11.4 Å². The van der Waals surface area contributed by atoms with Crippen LogP contribution in [0.5, 0.6) is 0 Å². The Bertz CT molecular complexity index is 1020. The van der Waals surface area contributed by atoms with Crippen molar-refractivity contribution < 1.29 is 9.90 Å². The van der Waals surface area contributed by atoms with Gasteiger partial charge in [-0.2, -0.15) is 0 Å². The molecule has 1 heterocycles. The fourth-order valence-corrected chi connectivity index (χ4v) is 4.12. The second-order valence-corrected chi connectivity index (χ2v) is 9.37. The molecule has 3 rings (SSSR count). The summed E-state index contributed by atoms with van der Waals surface area (Å²) in [5, 5.41) is 14.8. The summed E-state index contributed by atoms with van der Waals surface area (Å²) in [5.74, 6) is -0.910. The number of hydrogen-bond acceptors (Lipinski definition) is 5. The van der Waals surface area contributed by atoms with Crippen LogP contribution in [0.1, 0.15) is 43.2 Å². The van der Waals surface area contributed by atoms with Gasteiger partial charge in [0.2, 0.25) is 0 Å². The van der Waals surface area contributed by atoms with Crippen molar-refractivity contribution in [1.29, 1.82) is 0 Å². The highest BCUT2D eigenvalue weighted by atomic mass is 32.1. The maximum absolute atomic E-state index is 10.7. The van der Waals surface area contributed by atoms with Gasteiger partial charge in [-0.05, 0) is 16.7 Å². The van der Waals surface area contributed by atoms with Crippen LogP contribution in [0, 0.1) is 0 Å². The lowest BCUT2D eigenvalue weighted by Gasteiger charge is -2.23. The van der Waals surface area contributed by atoms with Gasteiger partial charge >= 0.3 is 5.97 Å². The standard InChI is InChI=1S/C25H29N3O2S/c1-18(26-14-23(29)30)21-12-10-20(11-13-21)16-28(15-19-8-6-5-7-9-19)24-27-22(17-31-24)25(2,3)4/h5-13,17,26H,1,14-16H2,2-4H3,(H,29,30). The van der Waals surface area contributed by atoms with E-state index >= 15 is 0 Å². The number of aliphatic carboxylic acids is 1. The zero-order valence-electron chi connectivity index (χ0n) is 18.3. The first-order chi connectivity index (χ1) is 14.7. The molecular weight excluding hydrogens is 406 g/mol. The molecule has 0 bridgehead atoms. The number of nitrogens with zero attached hydrogens (tertiary/aromatic N) is 2. The average molecular weight is 436 g/mol. The van der Waals surface area contributed by atoms with Gasteiger partial charge in [0.05, 0.1) is 5.69 Å². The van der Waals surface area contributed by atoms with Crippen molar-refractivity contribution in [3.8, 4) is 0 Å². The van der Waals surface area contributed by atoms with Crippen LogP contribution in [-0.2, 0) is 23.3 Å². The molecule has 0 spiro atoms. The molecule has 162 valence electrons. The van der Waals surface area contributed by atoms with Crippen molar-refractivity contribution in [1.82, 2.24) is 10.3 Å². The Morgan fingerprint density at radius 2 is 1.68 bits per heavy atom. The van der Waals surface area contributed by atoms with Gasteiger partial charge in [-0.25, -0.2) is 4.98 Å². The fourth-order valence-electron chi connectivity index (χ4n) is 3.07. The monoisotopic (exact) mass is 435 g/mol. The van der Waals surface area contributed by atoms with Crippen LogP contribution in [0.15, 0.2) is 66.6 Å². The van der Waals surface area contributed by atoms with Gasteiger partial charge in [0.1, 0.15) is 6.54 Å². The van der Waals surface area contributed by atoms with E-state index < -0.39 is 5.97 Å². The van der Waals surface area contributed by atoms with Crippen LogP contribution in [0.3, 0.4) is 0 Å². The molecule has 0 saturated carbocycles. The van der Waals surface area contributed by atoms with E-state index in [2.05, 4.69) is 79.3 Å². The van der Waals surface area contributed by atoms with E-state index in [1.807, 2.05) is 18.2 Å². The maximum atomic E-state index is 10.7. The van der Waals surface area contributed by atoms with E-state index in [4.69, 9.17) is 10.1 Å². The second-order valence-electron chi connectivity index (χ2n) is 8.53. The number of anilines is 1. The molecule has 2 N–H and O–H groups in total. The third kappa shape index (κ3) is 6.43. The van der Waals surface area contributed by atoms with Gasteiger partial charge in [-0.3, -0.25) is 4.79 Å². The predicted molar refractivity (Wildman–Crippen MR) is 128 cm³/mol. The minimum Gasteiger partial charge on any atom is -0.480 e. The summed E-state index contributed by atoms with van der Waals surface area (Å²) in [6.45, 7) is 11.8. The Balaban J connectivity index is 1.79. The van der Waals surface area contributed by atoms with Gasteiger partial charge in [0.25, 0.3) is 0 Å². The lowest BCUT2D eigenvalue weighted by molar-refractivity contribution is -0.135. The molecule has 1 aromatic heterocycles. The Hall–Kier alpha value is -3.12. The molecule has 0 aliphatic carbocycles. The summed E-state index contributed by atoms with van der Waals surface area (Å²) < 4.78 is 0. The van der Waals surface area contributed by atoms with Gasteiger partial charge in [-0.15, -0.1) is 11.3 Å². The van der Waals surface area contributed by atoms with Gasteiger partial charge in [0, 0.05) is 29.6 Å². The first kappa shape index (κ1) is 22.6. The Labute approximate surface area is 188 Å². The highest BCUT2D eigenvalue weighted by Crippen LogP contribution is 2.30. The lowest BCUT2D eigenvalue weighted by Crippen LogP contribution is -2.23. The summed E-state index contributed by atoms with van der Waals surface area (Å²) in [7, 11) is 0. The number of benzene rings is 2. The van der Waals surface area contributed by atoms with Crippen LogP contribution in [0.25, 0.3) is 5.70 Å². The second kappa shape index (κ2) is 9.79. The molecule has 0 fully saturated rings. The van der Waals surface area contributed by atoms with E-state index in [1.54, 1.807) is 11.3 Å². The molecule has 31 heavy (non-hydrogen) atoms. The molecule has 0 atom stereocenters. The number of hydrogen-bond donors (Lipinski definition) is 2. The van der Waals surface area contributed by atoms with E-state index in [-0.39, 0.29) is 12.0 Å². The summed E-state index contributed by atoms with van der Waals surface area (Å²) >= 11 is 1.68. The number of carboxylic acids is 1. The number of thiazole rings is 1. The van der Waals surface area contributed by atoms with Crippen LogP contribution >= 0.6 is 11.3 Å². The molecule has 0 unspecified atom stereocenters. The van der Waals surface area contributed by atoms with Crippen molar-refractivity contribution in [2.24, 2.45) is 0 Å². The van der Waals surface area contributed by atoms with E-state index in [1.165, 1.54) is 5.56 Å². The van der Waals surface area contributed by atoms with Gasteiger partial charge in [0.15, 0.2) is 5.13 Å². The molecule has 5 nitrogen and oxygen atoms in total. The van der Waals surface area contributed by atoms with E-state index in [9.17, 15) is 4.79 Å². The Morgan fingerprint density at radius 1 is 1.06 bits per heavy atom. The van der Waals surface area contributed by atoms with E-state index in [0.29, 0.717) is 5.70 Å². The van der Waals surface area contributed by atoms with E-state index in [0.717, 1.165) is 35.0 Å². The third-order valence-corrected chi connectivity index (χ3v) is 5.78. The molecule has 0 aliphatic rings. The zero-order valence-corrected chi connectivity index (χ0v) is 19.1. The minimum absolute atomic E-state index is 0.0120. The Kier molecular flexibility index (Phi) is 7.13. The topological polar surface area (TPSA) is 65.5 Å². The summed E-state index contributed by atoms with van der Waals surface area (Å²) in [5.41, 5.74) is 4.98. The van der Waals surface area contributed by atoms with Crippen LogP contribution in [-0.4, -0.2) is 22.6 Å². The fraction of sp³-hybridized carbons (Fsp3) is 0.280. The number of aromatic nitrogens is 1. The number of rotatable bonds is 9. The largest absolute Gasteiger partial charge is 0.480 e.